The van der Waals surface area contributed by atoms with Crippen molar-refractivity contribution in [1.29, 1.82) is 0 Å². The largest absolute Gasteiger partial charge is 0.494 e. The van der Waals surface area contributed by atoms with Crippen LogP contribution in [0.2, 0.25) is 0 Å². The molecule has 0 aromatic heterocycles. The molecule has 11 heteroatoms. The predicted octanol–water partition coefficient (Wildman–Crippen LogP) is 5.48. The highest BCUT2D eigenvalue weighted by molar-refractivity contribution is 8.15. The number of aliphatic imine (C=N–C) groups is 1. The number of methoxy groups -OCH3 is 2. The van der Waals surface area contributed by atoms with Gasteiger partial charge in [-0.3, -0.25) is 14.5 Å². The van der Waals surface area contributed by atoms with Gasteiger partial charge >= 0.3 is 5.97 Å². The van der Waals surface area contributed by atoms with Gasteiger partial charge in [0, 0.05) is 24.7 Å². The maximum absolute atomic E-state index is 13.5. The molecule has 1 N–H and O–H groups in total. The van der Waals surface area contributed by atoms with Gasteiger partial charge in [-0.05, 0) is 74.4 Å². The second-order valence-corrected chi connectivity index (χ2v) is 10.6. The standard InChI is InChI=1S/C32H35N3O7S/c1-5-41-25-9-7-8-24(19-25)33-30(37)28-20-29(36)35(17-16-21-10-15-26(39-3)27(18-21)40-4)32(43-28)34-23-13-11-22(12-14-23)31(38)42-6-2/h7-15,18-19,28H,5-6,16-17,20H2,1-4H3,(H,33,37)/t28-/m0/s1. The second-order valence-electron chi connectivity index (χ2n) is 9.41. The predicted molar refractivity (Wildman–Crippen MR) is 167 cm³/mol. The molecule has 2 amide bonds. The first-order valence-corrected chi connectivity index (χ1v) is 14.8. The van der Waals surface area contributed by atoms with Crippen LogP contribution in [0.4, 0.5) is 11.4 Å². The average Bonchev–Trinajstić information content (AvgIpc) is 3.01. The number of esters is 1. The van der Waals surface area contributed by atoms with Crippen LogP contribution >= 0.6 is 11.8 Å². The van der Waals surface area contributed by atoms with Gasteiger partial charge in [-0.2, -0.15) is 0 Å². The molecule has 1 atom stereocenters. The van der Waals surface area contributed by atoms with Gasteiger partial charge in [0.1, 0.15) is 11.0 Å². The maximum Gasteiger partial charge on any atom is 0.338 e. The quantitative estimate of drug-likeness (QED) is 0.270. The maximum atomic E-state index is 13.5. The first-order chi connectivity index (χ1) is 20.8. The van der Waals surface area contributed by atoms with Crippen molar-refractivity contribution in [3.8, 4) is 17.2 Å². The summed E-state index contributed by atoms with van der Waals surface area (Å²) in [6.07, 6.45) is 0.531. The van der Waals surface area contributed by atoms with Gasteiger partial charge in [0.2, 0.25) is 11.8 Å². The van der Waals surface area contributed by atoms with E-state index < -0.39 is 11.2 Å². The van der Waals surface area contributed by atoms with Crippen molar-refractivity contribution < 1.29 is 33.3 Å². The Balaban J connectivity index is 1.57. The summed E-state index contributed by atoms with van der Waals surface area (Å²) in [6.45, 7) is 4.75. The Bertz CT molecular complexity index is 1480. The summed E-state index contributed by atoms with van der Waals surface area (Å²) in [5, 5.41) is 2.60. The summed E-state index contributed by atoms with van der Waals surface area (Å²) in [5.41, 5.74) is 2.45. The van der Waals surface area contributed by atoms with Crippen LogP contribution in [0.1, 0.15) is 36.2 Å². The number of nitrogens with one attached hydrogen (secondary N) is 1. The van der Waals surface area contributed by atoms with Crippen molar-refractivity contribution in [1.82, 2.24) is 4.90 Å². The molecular weight excluding hydrogens is 570 g/mol. The molecule has 4 rings (SSSR count). The van der Waals surface area contributed by atoms with Crippen molar-refractivity contribution in [3.05, 3.63) is 77.9 Å². The normalized spacial score (nSPS) is 15.6. The summed E-state index contributed by atoms with van der Waals surface area (Å²) >= 11 is 1.22. The number of carbonyl (C=O) groups excluding carboxylic acids is 3. The number of benzene rings is 3. The van der Waals surface area contributed by atoms with E-state index in [0.29, 0.717) is 58.9 Å². The third kappa shape index (κ3) is 8.29. The zero-order chi connectivity index (χ0) is 30.8. The number of nitrogens with zero attached hydrogens (tertiary/aromatic N) is 2. The Morgan fingerprint density at radius 1 is 0.977 bits per heavy atom. The van der Waals surface area contributed by atoms with Crippen LogP contribution in [0.25, 0.3) is 0 Å². The summed E-state index contributed by atoms with van der Waals surface area (Å²) in [6, 6.07) is 19.3. The van der Waals surface area contributed by atoms with Gasteiger partial charge in [0.15, 0.2) is 16.7 Å². The second kappa shape index (κ2) is 15.1. The van der Waals surface area contributed by atoms with Gasteiger partial charge in [0.05, 0.1) is 38.7 Å². The fourth-order valence-electron chi connectivity index (χ4n) is 4.39. The molecular formula is C32H35N3O7S. The lowest BCUT2D eigenvalue weighted by atomic mass is 10.1. The van der Waals surface area contributed by atoms with Crippen molar-refractivity contribution in [2.24, 2.45) is 4.99 Å². The van der Waals surface area contributed by atoms with E-state index in [0.717, 1.165) is 5.56 Å². The Morgan fingerprint density at radius 3 is 2.44 bits per heavy atom. The van der Waals surface area contributed by atoms with Crippen LogP contribution in [0.5, 0.6) is 17.2 Å². The molecule has 0 aliphatic carbocycles. The molecule has 10 nitrogen and oxygen atoms in total. The summed E-state index contributed by atoms with van der Waals surface area (Å²) in [5.74, 6) is 0.902. The lowest BCUT2D eigenvalue weighted by molar-refractivity contribution is -0.129. The third-order valence-corrected chi connectivity index (χ3v) is 7.71. The molecule has 0 unspecified atom stereocenters. The van der Waals surface area contributed by atoms with Crippen LogP contribution < -0.4 is 19.5 Å². The molecule has 43 heavy (non-hydrogen) atoms. The molecule has 1 heterocycles. The van der Waals surface area contributed by atoms with E-state index in [9.17, 15) is 14.4 Å². The fourth-order valence-corrected chi connectivity index (χ4v) is 5.51. The number of anilines is 1. The smallest absolute Gasteiger partial charge is 0.338 e. The lowest BCUT2D eigenvalue weighted by Gasteiger charge is -2.32. The summed E-state index contributed by atoms with van der Waals surface area (Å²) < 4.78 is 21.4. The van der Waals surface area contributed by atoms with E-state index in [2.05, 4.69) is 5.32 Å². The van der Waals surface area contributed by atoms with Crippen LogP contribution in [-0.4, -0.2) is 67.1 Å². The van der Waals surface area contributed by atoms with Crippen LogP contribution in [0.15, 0.2) is 71.7 Å². The first-order valence-electron chi connectivity index (χ1n) is 13.9. The zero-order valence-electron chi connectivity index (χ0n) is 24.6. The number of amides is 2. The Morgan fingerprint density at radius 2 is 1.74 bits per heavy atom. The number of hydrogen-bond acceptors (Lipinski definition) is 9. The van der Waals surface area contributed by atoms with Gasteiger partial charge in [-0.15, -0.1) is 0 Å². The highest BCUT2D eigenvalue weighted by Crippen LogP contribution is 2.32. The molecule has 1 fully saturated rings. The topological polar surface area (TPSA) is 116 Å². The number of carbonyl (C=O) groups is 3. The summed E-state index contributed by atoms with van der Waals surface area (Å²) in [4.78, 5) is 45.2. The highest BCUT2D eigenvalue weighted by atomic mass is 32.2. The molecule has 0 saturated carbocycles. The molecule has 0 radical (unpaired) electrons. The third-order valence-electron chi connectivity index (χ3n) is 6.52. The molecule has 226 valence electrons. The van der Waals surface area contributed by atoms with E-state index in [-0.39, 0.29) is 24.8 Å². The minimum Gasteiger partial charge on any atom is -0.494 e. The molecule has 3 aromatic rings. The van der Waals surface area contributed by atoms with E-state index in [1.165, 1.54) is 11.8 Å². The lowest BCUT2D eigenvalue weighted by Crippen LogP contribution is -2.46. The Hall–Kier alpha value is -4.51. The molecule has 0 spiro atoms. The number of thioether (sulfide) groups is 1. The van der Waals surface area contributed by atoms with E-state index in [1.54, 1.807) is 68.5 Å². The minimum absolute atomic E-state index is 0.00833. The van der Waals surface area contributed by atoms with Crippen LogP contribution in [0, 0.1) is 0 Å². The monoisotopic (exact) mass is 605 g/mol. The number of hydrogen-bond donors (Lipinski definition) is 1. The Kier molecular flexibility index (Phi) is 11.0. The molecule has 0 bridgehead atoms. The molecule has 3 aromatic carbocycles. The minimum atomic E-state index is -0.696. The number of amidine groups is 1. The first kappa shape index (κ1) is 31.4. The number of ether oxygens (including phenoxy) is 4. The van der Waals surface area contributed by atoms with Gasteiger partial charge in [-0.1, -0.05) is 23.9 Å². The molecule has 1 aliphatic heterocycles. The SMILES string of the molecule is CCOC(=O)c1ccc(N=C2S[C@H](C(=O)Nc3cccc(OCC)c3)CC(=O)N2CCc2ccc(OC)c(OC)c2)cc1. The number of rotatable bonds is 12. The van der Waals surface area contributed by atoms with Crippen molar-refractivity contribution in [2.45, 2.75) is 31.9 Å². The van der Waals surface area contributed by atoms with Crippen LogP contribution in [0.3, 0.4) is 0 Å². The molecule has 1 aliphatic rings. The fraction of sp³-hybridized carbons (Fsp3) is 0.312. The van der Waals surface area contributed by atoms with Gasteiger partial charge in [-0.25, -0.2) is 9.79 Å². The van der Waals surface area contributed by atoms with Gasteiger partial charge in [0.25, 0.3) is 0 Å². The zero-order valence-corrected chi connectivity index (χ0v) is 25.4. The van der Waals surface area contributed by atoms with Gasteiger partial charge < -0.3 is 24.3 Å². The van der Waals surface area contributed by atoms with Crippen molar-refractivity contribution in [3.63, 3.8) is 0 Å². The van der Waals surface area contributed by atoms with Crippen molar-refractivity contribution in [2.75, 3.05) is 39.3 Å². The van der Waals surface area contributed by atoms with E-state index in [1.807, 2.05) is 31.2 Å². The molecule has 1 saturated heterocycles. The van der Waals surface area contributed by atoms with Crippen LogP contribution in [-0.2, 0) is 20.7 Å². The Labute approximate surface area is 255 Å². The summed E-state index contributed by atoms with van der Waals surface area (Å²) in [7, 11) is 3.15. The van der Waals surface area contributed by atoms with E-state index >= 15 is 0 Å². The van der Waals surface area contributed by atoms with E-state index in [4.69, 9.17) is 23.9 Å². The average molecular weight is 606 g/mol. The highest BCUT2D eigenvalue weighted by Gasteiger charge is 2.36. The van der Waals surface area contributed by atoms with Crippen molar-refractivity contribution >= 4 is 46.1 Å².